The summed E-state index contributed by atoms with van der Waals surface area (Å²) in [6.45, 7) is 3.84. The van der Waals surface area contributed by atoms with Crippen LogP contribution in [0.3, 0.4) is 0 Å². The highest BCUT2D eigenvalue weighted by Crippen LogP contribution is 2.39. The molecule has 2 N–H and O–H groups in total. The Balaban J connectivity index is 1.60. The van der Waals surface area contributed by atoms with E-state index in [1.807, 2.05) is 41.1 Å². The standard InChI is InChI=1S/C22H25N5O3S/c1-14(28)24-22-25-18-8-5-16(13-23)19(20(18)31-22)26(2)17-6-3-15(4-7-17)21(29)27-9-11-30-12-10-27/h3-4,6-7,13,23H,5,8-12H2,1-2H3,(H,24,25,28). The van der Waals surface area contributed by atoms with Gasteiger partial charge in [-0.1, -0.05) is 11.3 Å². The number of rotatable bonds is 5. The Morgan fingerprint density at radius 2 is 1.94 bits per heavy atom. The summed E-state index contributed by atoms with van der Waals surface area (Å²) in [5.41, 5.74) is 4.32. The number of ether oxygens (including phenoxy) is 1. The van der Waals surface area contributed by atoms with Crippen molar-refractivity contribution < 1.29 is 14.3 Å². The molecule has 1 aromatic carbocycles. The summed E-state index contributed by atoms with van der Waals surface area (Å²) in [6.07, 6.45) is 2.84. The zero-order valence-corrected chi connectivity index (χ0v) is 18.4. The van der Waals surface area contributed by atoms with Crippen LogP contribution in [0.5, 0.6) is 0 Å². The molecule has 0 unspecified atom stereocenters. The van der Waals surface area contributed by atoms with Gasteiger partial charge in [-0.25, -0.2) is 4.98 Å². The van der Waals surface area contributed by atoms with Gasteiger partial charge in [-0.2, -0.15) is 0 Å². The second-order valence-corrected chi connectivity index (χ2v) is 8.50. The number of aromatic nitrogens is 1. The molecule has 1 aromatic heterocycles. The van der Waals surface area contributed by atoms with Crippen molar-refractivity contribution in [2.75, 3.05) is 43.6 Å². The third-order valence-corrected chi connectivity index (χ3v) is 6.46. The monoisotopic (exact) mass is 439 g/mol. The van der Waals surface area contributed by atoms with Crippen LogP contribution >= 0.6 is 11.3 Å². The van der Waals surface area contributed by atoms with E-state index in [0.29, 0.717) is 43.4 Å². The molecule has 0 atom stereocenters. The molecule has 31 heavy (non-hydrogen) atoms. The molecule has 0 radical (unpaired) electrons. The van der Waals surface area contributed by atoms with E-state index in [-0.39, 0.29) is 11.8 Å². The van der Waals surface area contributed by atoms with Gasteiger partial charge in [0.1, 0.15) is 0 Å². The van der Waals surface area contributed by atoms with E-state index in [2.05, 4.69) is 10.3 Å². The summed E-state index contributed by atoms with van der Waals surface area (Å²) < 4.78 is 5.32. The molecular formula is C22H25N5O3S. The number of anilines is 2. The predicted octanol–water partition coefficient (Wildman–Crippen LogP) is 3.02. The van der Waals surface area contributed by atoms with Gasteiger partial charge in [0.2, 0.25) is 5.91 Å². The summed E-state index contributed by atoms with van der Waals surface area (Å²) in [5, 5.41) is 11.2. The fourth-order valence-electron chi connectivity index (χ4n) is 3.84. The van der Waals surface area contributed by atoms with E-state index in [1.165, 1.54) is 24.5 Å². The lowest BCUT2D eigenvalue weighted by Gasteiger charge is -2.28. The number of allylic oxidation sites excluding steroid dienone is 1. The van der Waals surface area contributed by atoms with Crippen LogP contribution in [0.25, 0.3) is 5.70 Å². The number of nitrogens with one attached hydrogen (secondary N) is 2. The van der Waals surface area contributed by atoms with Gasteiger partial charge in [0.25, 0.3) is 5.91 Å². The highest BCUT2D eigenvalue weighted by Gasteiger charge is 2.26. The molecule has 1 saturated heterocycles. The van der Waals surface area contributed by atoms with Crippen molar-refractivity contribution in [3.8, 4) is 0 Å². The highest BCUT2D eigenvalue weighted by atomic mass is 32.1. The number of amides is 2. The van der Waals surface area contributed by atoms with Crippen molar-refractivity contribution in [3.63, 3.8) is 0 Å². The summed E-state index contributed by atoms with van der Waals surface area (Å²) >= 11 is 1.42. The number of nitrogens with zero attached hydrogens (tertiary/aromatic N) is 3. The molecule has 0 saturated carbocycles. The number of morpholine rings is 1. The second-order valence-electron chi connectivity index (χ2n) is 7.50. The molecule has 162 valence electrons. The van der Waals surface area contributed by atoms with Crippen LogP contribution in [-0.4, -0.2) is 61.3 Å². The molecule has 2 amide bonds. The summed E-state index contributed by atoms with van der Waals surface area (Å²) in [5.74, 6) is -0.142. The first kappa shape index (κ1) is 21.2. The quantitative estimate of drug-likeness (QED) is 0.698. The van der Waals surface area contributed by atoms with Crippen molar-refractivity contribution in [2.24, 2.45) is 0 Å². The Bertz CT molecular complexity index is 1040. The number of benzene rings is 1. The van der Waals surface area contributed by atoms with Gasteiger partial charge in [0.05, 0.1) is 29.5 Å². The number of hydrogen-bond donors (Lipinski definition) is 2. The molecule has 8 nitrogen and oxygen atoms in total. The maximum absolute atomic E-state index is 12.7. The topological polar surface area (TPSA) is 98.6 Å². The smallest absolute Gasteiger partial charge is 0.254 e. The van der Waals surface area contributed by atoms with E-state index in [0.717, 1.165) is 33.9 Å². The Kier molecular flexibility index (Phi) is 6.15. The van der Waals surface area contributed by atoms with Crippen molar-refractivity contribution in [2.45, 2.75) is 19.8 Å². The summed E-state index contributed by atoms with van der Waals surface area (Å²) in [4.78, 5) is 33.5. The first-order valence-electron chi connectivity index (χ1n) is 10.2. The molecule has 0 spiro atoms. The van der Waals surface area contributed by atoms with Gasteiger partial charge in [-0.05, 0) is 42.7 Å². The first-order chi connectivity index (χ1) is 15.0. The Morgan fingerprint density at radius 3 is 2.58 bits per heavy atom. The van der Waals surface area contributed by atoms with Crippen molar-refractivity contribution in [1.82, 2.24) is 9.88 Å². The van der Waals surface area contributed by atoms with Crippen LogP contribution in [0, 0.1) is 5.41 Å². The van der Waals surface area contributed by atoms with Gasteiger partial charge in [-0.15, -0.1) is 0 Å². The van der Waals surface area contributed by atoms with E-state index in [1.54, 1.807) is 0 Å². The fourth-order valence-corrected chi connectivity index (χ4v) is 5.02. The Hall–Kier alpha value is -3.04. The van der Waals surface area contributed by atoms with Gasteiger partial charge in [0, 0.05) is 44.5 Å². The van der Waals surface area contributed by atoms with E-state index in [4.69, 9.17) is 10.1 Å². The lowest BCUT2D eigenvalue weighted by molar-refractivity contribution is -0.114. The molecule has 1 aliphatic carbocycles. The minimum absolute atomic E-state index is 0.0132. The number of thiazole rings is 1. The minimum Gasteiger partial charge on any atom is -0.378 e. The lowest BCUT2D eigenvalue weighted by atomic mass is 9.98. The van der Waals surface area contributed by atoms with Gasteiger partial charge >= 0.3 is 0 Å². The Morgan fingerprint density at radius 1 is 1.23 bits per heavy atom. The molecule has 4 rings (SSSR count). The van der Waals surface area contributed by atoms with E-state index < -0.39 is 0 Å². The average Bonchev–Trinajstić information content (AvgIpc) is 3.19. The molecule has 1 aliphatic heterocycles. The lowest BCUT2D eigenvalue weighted by Crippen LogP contribution is -2.40. The van der Waals surface area contributed by atoms with E-state index in [9.17, 15) is 9.59 Å². The minimum atomic E-state index is -0.155. The van der Waals surface area contributed by atoms with Crippen molar-refractivity contribution in [1.29, 1.82) is 5.41 Å². The van der Waals surface area contributed by atoms with Crippen LogP contribution in [0.4, 0.5) is 10.8 Å². The number of aryl methyl sites for hydroxylation is 1. The van der Waals surface area contributed by atoms with Crippen molar-refractivity contribution in [3.05, 3.63) is 46.0 Å². The maximum atomic E-state index is 12.7. The largest absolute Gasteiger partial charge is 0.378 e. The SMILES string of the molecule is CC(=O)Nc1nc2c(s1)C(N(C)c1ccc(C(=O)N3CCOCC3)cc1)=C(C=N)CC2. The molecule has 9 heteroatoms. The highest BCUT2D eigenvalue weighted by molar-refractivity contribution is 7.17. The fraction of sp³-hybridized carbons (Fsp3) is 0.364. The van der Waals surface area contributed by atoms with Crippen LogP contribution in [0.2, 0.25) is 0 Å². The zero-order valence-electron chi connectivity index (χ0n) is 17.6. The first-order valence-corrected chi connectivity index (χ1v) is 11.0. The third-order valence-electron chi connectivity index (χ3n) is 5.44. The normalized spacial score (nSPS) is 16.0. The predicted molar refractivity (Wildman–Crippen MR) is 122 cm³/mol. The van der Waals surface area contributed by atoms with Gasteiger partial charge in [0.15, 0.2) is 5.13 Å². The molecule has 1 fully saturated rings. The van der Waals surface area contributed by atoms with Crippen LogP contribution in [0.1, 0.15) is 34.3 Å². The Labute approximate surface area is 185 Å². The van der Waals surface area contributed by atoms with Crippen LogP contribution in [-0.2, 0) is 16.0 Å². The van der Waals surface area contributed by atoms with E-state index >= 15 is 0 Å². The van der Waals surface area contributed by atoms with Crippen LogP contribution < -0.4 is 10.2 Å². The number of hydrogen-bond acceptors (Lipinski definition) is 7. The molecular weight excluding hydrogens is 414 g/mol. The summed E-state index contributed by atoms with van der Waals surface area (Å²) in [6, 6.07) is 7.53. The number of fused-ring (bicyclic) bond motifs is 1. The molecule has 2 heterocycles. The second kappa shape index (κ2) is 8.99. The zero-order chi connectivity index (χ0) is 22.0. The van der Waals surface area contributed by atoms with Gasteiger partial charge < -0.3 is 25.3 Å². The van der Waals surface area contributed by atoms with Crippen molar-refractivity contribution >= 4 is 45.9 Å². The molecule has 0 bridgehead atoms. The summed E-state index contributed by atoms with van der Waals surface area (Å²) in [7, 11) is 1.95. The average molecular weight is 440 g/mol. The number of carbonyl (C=O) groups is 2. The van der Waals surface area contributed by atoms with Gasteiger partial charge in [-0.3, -0.25) is 9.59 Å². The number of carbonyl (C=O) groups excluding carboxylic acids is 2. The van der Waals surface area contributed by atoms with Crippen LogP contribution in [0.15, 0.2) is 29.8 Å². The molecule has 2 aliphatic rings. The molecule has 2 aromatic rings. The maximum Gasteiger partial charge on any atom is 0.254 e. The third kappa shape index (κ3) is 4.38.